The number of rotatable bonds is 7. The highest BCUT2D eigenvalue weighted by atomic mass is 35.5. The number of hydrogen-bond donors (Lipinski definition) is 1. The number of hydrogen-bond acceptors (Lipinski definition) is 9. The van der Waals surface area contributed by atoms with Gasteiger partial charge in [0.15, 0.2) is 4.34 Å². The molecule has 9 nitrogen and oxygen atoms in total. The molecule has 0 saturated carbocycles. The molecule has 132 valence electrons. The van der Waals surface area contributed by atoms with Crippen LogP contribution in [0.3, 0.4) is 0 Å². The molecule has 2 aromatic rings. The molecule has 25 heavy (non-hydrogen) atoms. The Morgan fingerprint density at radius 3 is 2.88 bits per heavy atom. The highest BCUT2D eigenvalue weighted by molar-refractivity contribution is 8.01. The van der Waals surface area contributed by atoms with Crippen molar-refractivity contribution < 1.29 is 19.2 Å². The average Bonchev–Trinajstić information content (AvgIpc) is 3.00. The minimum atomic E-state index is -0.672. The molecule has 1 amide bonds. The summed E-state index contributed by atoms with van der Waals surface area (Å²) in [6, 6.07) is 3.71. The maximum Gasteiger partial charge on any atom is 0.316 e. The number of carbonyl (C=O) groups excluding carboxylic acids is 2. The summed E-state index contributed by atoms with van der Waals surface area (Å²) in [5, 5.41) is 21.1. The molecule has 0 unspecified atom stereocenters. The van der Waals surface area contributed by atoms with Crippen molar-refractivity contribution in [1.82, 2.24) is 10.2 Å². The van der Waals surface area contributed by atoms with E-state index in [0.29, 0.717) is 10.9 Å². The average molecular weight is 403 g/mol. The summed E-state index contributed by atoms with van der Waals surface area (Å²) in [6.07, 6.45) is 0. The van der Waals surface area contributed by atoms with Gasteiger partial charge >= 0.3 is 5.97 Å². The lowest BCUT2D eigenvalue weighted by Gasteiger charge is -2.02. The molecule has 1 N–H and O–H groups in total. The second-order valence-corrected chi connectivity index (χ2v) is 6.95. The molecule has 0 aliphatic rings. The van der Waals surface area contributed by atoms with Crippen LogP contribution in [0, 0.1) is 10.1 Å². The summed E-state index contributed by atoms with van der Waals surface area (Å²) in [4.78, 5) is 33.6. The third kappa shape index (κ3) is 5.37. The molecule has 1 aromatic heterocycles. The predicted octanol–water partition coefficient (Wildman–Crippen LogP) is 3.01. The van der Waals surface area contributed by atoms with Crippen molar-refractivity contribution in [2.75, 3.05) is 17.7 Å². The van der Waals surface area contributed by atoms with Crippen LogP contribution in [-0.2, 0) is 9.53 Å². The Labute approximate surface area is 154 Å². The Balaban J connectivity index is 2.00. The largest absolute Gasteiger partial charge is 0.465 e. The summed E-state index contributed by atoms with van der Waals surface area (Å²) in [6.45, 7) is 2.01. The molecule has 0 radical (unpaired) electrons. The fourth-order valence-electron chi connectivity index (χ4n) is 1.61. The summed E-state index contributed by atoms with van der Waals surface area (Å²) < 4.78 is 5.27. The van der Waals surface area contributed by atoms with Gasteiger partial charge < -0.3 is 4.74 Å². The maximum absolute atomic E-state index is 12.1. The normalized spacial score (nSPS) is 10.3. The van der Waals surface area contributed by atoms with E-state index in [-0.39, 0.29) is 33.1 Å². The minimum Gasteiger partial charge on any atom is -0.465 e. The van der Waals surface area contributed by atoms with Gasteiger partial charge in [0.05, 0.1) is 17.3 Å². The number of anilines is 1. The van der Waals surface area contributed by atoms with Crippen molar-refractivity contribution in [3.63, 3.8) is 0 Å². The number of amides is 1. The molecule has 0 fully saturated rings. The zero-order valence-corrected chi connectivity index (χ0v) is 15.1. The number of ether oxygens (including phenoxy) is 1. The predicted molar refractivity (Wildman–Crippen MR) is 93.3 cm³/mol. The highest BCUT2D eigenvalue weighted by Crippen LogP contribution is 2.27. The molecule has 0 aliphatic carbocycles. The van der Waals surface area contributed by atoms with Gasteiger partial charge in [-0.15, -0.1) is 10.2 Å². The maximum atomic E-state index is 12.1. The van der Waals surface area contributed by atoms with Crippen LogP contribution in [0.2, 0.25) is 5.02 Å². The third-order valence-corrected chi connectivity index (χ3v) is 4.92. The fraction of sp³-hybridized carbons (Fsp3) is 0.231. The molecular weight excluding hydrogens is 392 g/mol. The quantitative estimate of drug-likeness (QED) is 0.246. The number of esters is 1. The van der Waals surface area contributed by atoms with E-state index in [1.54, 1.807) is 6.92 Å². The first-order valence-electron chi connectivity index (χ1n) is 6.78. The molecule has 2 rings (SSSR count). The van der Waals surface area contributed by atoms with Crippen LogP contribution in [0.25, 0.3) is 0 Å². The van der Waals surface area contributed by atoms with E-state index < -0.39 is 10.8 Å². The van der Waals surface area contributed by atoms with E-state index >= 15 is 0 Å². The summed E-state index contributed by atoms with van der Waals surface area (Å²) in [5.74, 6) is -0.876. The number of thioether (sulfide) groups is 1. The molecule has 0 bridgehead atoms. The zero-order valence-electron chi connectivity index (χ0n) is 12.7. The van der Waals surface area contributed by atoms with E-state index in [0.717, 1.165) is 29.2 Å². The van der Waals surface area contributed by atoms with Gasteiger partial charge in [0, 0.05) is 11.6 Å². The minimum absolute atomic E-state index is 0.0601. The van der Waals surface area contributed by atoms with Gasteiger partial charge in [0.2, 0.25) is 5.13 Å². The molecule has 0 saturated heterocycles. The number of benzene rings is 1. The van der Waals surface area contributed by atoms with Gasteiger partial charge in [-0.25, -0.2) is 0 Å². The lowest BCUT2D eigenvalue weighted by Crippen LogP contribution is -2.12. The second kappa shape index (κ2) is 8.74. The lowest BCUT2D eigenvalue weighted by atomic mass is 10.2. The lowest BCUT2D eigenvalue weighted by molar-refractivity contribution is -0.384. The number of nitrogens with one attached hydrogen (secondary N) is 1. The van der Waals surface area contributed by atoms with Gasteiger partial charge in [-0.2, -0.15) is 0 Å². The molecule has 0 aliphatic heterocycles. The number of aromatic nitrogens is 2. The SMILES string of the molecule is CCOC(=O)CSc1nnc(NC(=O)c2ccc(Cl)c([N+](=O)[O-])c2)s1. The van der Waals surface area contributed by atoms with Crippen molar-refractivity contribution in [1.29, 1.82) is 0 Å². The van der Waals surface area contributed by atoms with Crippen LogP contribution in [0.4, 0.5) is 10.8 Å². The van der Waals surface area contributed by atoms with E-state index in [1.165, 1.54) is 12.1 Å². The zero-order chi connectivity index (χ0) is 18.4. The Morgan fingerprint density at radius 2 is 2.20 bits per heavy atom. The molecule has 12 heteroatoms. The highest BCUT2D eigenvalue weighted by Gasteiger charge is 2.17. The molecule has 1 aromatic carbocycles. The molecule has 1 heterocycles. The van der Waals surface area contributed by atoms with Crippen LogP contribution in [-0.4, -0.2) is 39.4 Å². The summed E-state index contributed by atoms with van der Waals surface area (Å²) in [7, 11) is 0. The first-order chi connectivity index (χ1) is 11.9. The summed E-state index contributed by atoms with van der Waals surface area (Å²) >= 11 is 7.91. The van der Waals surface area contributed by atoms with Gasteiger partial charge in [0.25, 0.3) is 11.6 Å². The van der Waals surface area contributed by atoms with Crippen LogP contribution in [0.5, 0.6) is 0 Å². The summed E-state index contributed by atoms with van der Waals surface area (Å²) in [5.41, 5.74) is -0.302. The van der Waals surface area contributed by atoms with Gasteiger partial charge in [0.1, 0.15) is 5.02 Å². The third-order valence-electron chi connectivity index (χ3n) is 2.65. The van der Waals surface area contributed by atoms with Crippen LogP contribution >= 0.6 is 34.7 Å². The van der Waals surface area contributed by atoms with E-state index in [4.69, 9.17) is 16.3 Å². The number of nitro benzene ring substituents is 1. The first-order valence-corrected chi connectivity index (χ1v) is 8.96. The van der Waals surface area contributed by atoms with Gasteiger partial charge in [-0.1, -0.05) is 34.7 Å². The standard InChI is InChI=1S/C13H11ClN4O5S2/c1-2-23-10(19)6-24-13-17-16-12(25-13)15-11(20)7-3-4-8(14)9(5-7)18(21)22/h3-5H,2,6H2,1H3,(H,15,16,20). The van der Waals surface area contributed by atoms with Crippen molar-refractivity contribution in [3.8, 4) is 0 Å². The monoisotopic (exact) mass is 402 g/mol. The van der Waals surface area contributed by atoms with E-state index in [9.17, 15) is 19.7 Å². The second-order valence-electron chi connectivity index (χ2n) is 4.34. The number of nitrogens with zero attached hydrogens (tertiary/aromatic N) is 3. The molecular formula is C13H11ClN4O5S2. The van der Waals surface area contributed by atoms with E-state index in [1.807, 2.05) is 0 Å². The Bertz CT molecular complexity index is 813. The van der Waals surface area contributed by atoms with Gasteiger partial charge in [-0.05, 0) is 19.1 Å². The van der Waals surface area contributed by atoms with E-state index in [2.05, 4.69) is 15.5 Å². The number of halogens is 1. The Morgan fingerprint density at radius 1 is 1.44 bits per heavy atom. The van der Waals surface area contributed by atoms with Crippen molar-refractivity contribution >= 4 is 57.4 Å². The fourth-order valence-corrected chi connectivity index (χ4v) is 3.34. The van der Waals surface area contributed by atoms with Crippen LogP contribution < -0.4 is 5.32 Å². The van der Waals surface area contributed by atoms with Gasteiger partial charge in [-0.3, -0.25) is 25.0 Å². The van der Waals surface area contributed by atoms with Crippen molar-refractivity contribution in [2.24, 2.45) is 0 Å². The smallest absolute Gasteiger partial charge is 0.316 e. The van der Waals surface area contributed by atoms with Crippen molar-refractivity contribution in [3.05, 3.63) is 38.9 Å². The Kier molecular flexibility index (Phi) is 6.67. The molecule has 0 spiro atoms. The van der Waals surface area contributed by atoms with Crippen LogP contribution in [0.15, 0.2) is 22.5 Å². The molecule has 0 atom stereocenters. The van der Waals surface area contributed by atoms with Crippen LogP contribution in [0.1, 0.15) is 17.3 Å². The first kappa shape index (κ1) is 19.1. The topological polar surface area (TPSA) is 124 Å². The van der Waals surface area contributed by atoms with Crippen molar-refractivity contribution in [2.45, 2.75) is 11.3 Å². The number of nitro groups is 1. The Hall–Kier alpha value is -2.24. The number of carbonyl (C=O) groups is 2.